The van der Waals surface area contributed by atoms with Crippen molar-refractivity contribution >= 4 is 0 Å². The summed E-state index contributed by atoms with van der Waals surface area (Å²) in [6.45, 7) is 0.724. The van der Waals surface area contributed by atoms with Crippen molar-refractivity contribution in [3.63, 3.8) is 0 Å². The third-order valence-electron chi connectivity index (χ3n) is 2.47. The summed E-state index contributed by atoms with van der Waals surface area (Å²) < 4.78 is 5.44. The molecule has 1 aliphatic heterocycles. The van der Waals surface area contributed by atoms with Crippen molar-refractivity contribution in [2.45, 2.75) is 37.5 Å². The van der Waals surface area contributed by atoms with Gasteiger partial charge in [0, 0.05) is 12.1 Å². The molecule has 1 saturated carbocycles. The molecule has 3 nitrogen and oxygen atoms in total. The van der Waals surface area contributed by atoms with Gasteiger partial charge in [-0.25, -0.2) is 0 Å². The van der Waals surface area contributed by atoms with E-state index in [0.717, 1.165) is 26.0 Å². The highest BCUT2D eigenvalue weighted by Crippen LogP contribution is 2.23. The van der Waals surface area contributed by atoms with E-state index in [9.17, 15) is 0 Å². The quantitative estimate of drug-likeness (QED) is 0.493. The lowest BCUT2D eigenvalue weighted by Gasteiger charge is -2.27. The van der Waals surface area contributed by atoms with Gasteiger partial charge in [-0.15, -0.1) is 0 Å². The molecule has 3 heteroatoms. The van der Waals surface area contributed by atoms with Crippen molar-refractivity contribution in [1.82, 2.24) is 5.32 Å². The lowest BCUT2D eigenvalue weighted by Crippen LogP contribution is -2.42. The van der Waals surface area contributed by atoms with Crippen molar-refractivity contribution < 1.29 is 4.74 Å². The summed E-state index contributed by atoms with van der Waals surface area (Å²) >= 11 is 0. The molecular weight excluding hydrogens is 128 g/mol. The van der Waals surface area contributed by atoms with Crippen LogP contribution in [0.3, 0.4) is 0 Å². The van der Waals surface area contributed by atoms with Crippen LogP contribution in [0.2, 0.25) is 0 Å². The molecular formula is C7H14N2O. The number of hydrogen-bond acceptors (Lipinski definition) is 3. The molecule has 10 heavy (non-hydrogen) atoms. The van der Waals surface area contributed by atoms with Gasteiger partial charge in [-0.1, -0.05) is 0 Å². The van der Waals surface area contributed by atoms with E-state index in [1.54, 1.807) is 0 Å². The van der Waals surface area contributed by atoms with E-state index in [4.69, 9.17) is 10.5 Å². The summed E-state index contributed by atoms with van der Waals surface area (Å²) in [5.74, 6) is 0. The van der Waals surface area contributed by atoms with E-state index < -0.39 is 0 Å². The second kappa shape index (κ2) is 2.49. The Labute approximate surface area is 60.9 Å². The molecule has 0 spiro atoms. The zero-order chi connectivity index (χ0) is 6.97. The lowest BCUT2D eigenvalue weighted by molar-refractivity contribution is 0.0785. The second-order valence-electron chi connectivity index (χ2n) is 3.23. The molecule has 0 aromatic heterocycles. The Hall–Kier alpha value is -0.120. The predicted octanol–water partition coefficient (Wildman–Crippen LogP) is -0.188. The number of rotatable bonds is 0. The lowest BCUT2D eigenvalue weighted by atomic mass is 9.90. The predicted molar refractivity (Wildman–Crippen MR) is 38.5 cm³/mol. The number of nitrogens with one attached hydrogen (secondary N) is 1. The van der Waals surface area contributed by atoms with Crippen LogP contribution >= 0.6 is 0 Å². The van der Waals surface area contributed by atoms with Gasteiger partial charge >= 0.3 is 0 Å². The Morgan fingerprint density at radius 1 is 1.40 bits per heavy atom. The molecule has 1 aliphatic carbocycles. The Bertz CT molecular complexity index is 129. The summed E-state index contributed by atoms with van der Waals surface area (Å²) in [4.78, 5) is 0. The Morgan fingerprint density at radius 2 is 2.30 bits per heavy atom. The van der Waals surface area contributed by atoms with Gasteiger partial charge in [0.15, 0.2) is 0 Å². The molecule has 0 bridgehead atoms. The normalized spacial score (nSPS) is 47.1. The molecule has 0 radical (unpaired) electrons. The monoisotopic (exact) mass is 142 g/mol. The molecule has 2 rings (SSSR count). The van der Waals surface area contributed by atoms with Gasteiger partial charge in [0.1, 0.15) is 0 Å². The molecule has 3 atom stereocenters. The maximum absolute atomic E-state index is 5.80. The van der Waals surface area contributed by atoms with Crippen molar-refractivity contribution in [3.8, 4) is 0 Å². The smallest absolute Gasteiger partial charge is 0.0972 e. The summed E-state index contributed by atoms with van der Waals surface area (Å²) in [5, 5.41) is 3.29. The molecule has 1 heterocycles. The first-order valence-electron chi connectivity index (χ1n) is 3.97. The fourth-order valence-corrected chi connectivity index (χ4v) is 1.85. The summed E-state index contributed by atoms with van der Waals surface area (Å²) in [6.07, 6.45) is 3.81. The highest BCUT2D eigenvalue weighted by Gasteiger charge is 2.32. The highest BCUT2D eigenvalue weighted by molar-refractivity contribution is 4.89. The Morgan fingerprint density at radius 3 is 3.20 bits per heavy atom. The number of nitrogens with two attached hydrogens (primary N) is 1. The molecule has 0 aromatic carbocycles. The minimum atomic E-state index is 0.399. The topological polar surface area (TPSA) is 47.3 Å². The summed E-state index contributed by atoms with van der Waals surface area (Å²) in [5.41, 5.74) is 5.80. The first-order chi connectivity index (χ1) is 4.86. The van der Waals surface area contributed by atoms with Gasteiger partial charge in [0.05, 0.1) is 12.8 Å². The molecule has 2 aliphatic rings. The SMILES string of the molecule is NC1CCC2OCNC2C1. The van der Waals surface area contributed by atoms with E-state index in [2.05, 4.69) is 5.32 Å². The van der Waals surface area contributed by atoms with E-state index in [0.29, 0.717) is 18.2 Å². The van der Waals surface area contributed by atoms with Gasteiger partial charge < -0.3 is 10.5 Å². The van der Waals surface area contributed by atoms with Crippen LogP contribution in [-0.4, -0.2) is 24.9 Å². The molecule has 2 fully saturated rings. The van der Waals surface area contributed by atoms with E-state index in [-0.39, 0.29) is 0 Å². The second-order valence-corrected chi connectivity index (χ2v) is 3.23. The first kappa shape index (κ1) is 6.58. The van der Waals surface area contributed by atoms with Crippen LogP contribution in [0.25, 0.3) is 0 Å². The Balaban J connectivity index is 1.96. The third-order valence-corrected chi connectivity index (χ3v) is 2.47. The van der Waals surface area contributed by atoms with Crippen LogP contribution < -0.4 is 11.1 Å². The number of ether oxygens (including phenoxy) is 1. The van der Waals surface area contributed by atoms with E-state index >= 15 is 0 Å². The van der Waals surface area contributed by atoms with Crippen molar-refractivity contribution in [2.24, 2.45) is 5.73 Å². The van der Waals surface area contributed by atoms with Gasteiger partial charge in [0.25, 0.3) is 0 Å². The van der Waals surface area contributed by atoms with Crippen LogP contribution in [0.4, 0.5) is 0 Å². The zero-order valence-corrected chi connectivity index (χ0v) is 6.05. The maximum atomic E-state index is 5.80. The zero-order valence-electron chi connectivity index (χ0n) is 6.05. The molecule has 0 aromatic rings. The number of hydrogen-bond donors (Lipinski definition) is 2. The summed E-state index contributed by atoms with van der Waals surface area (Å²) in [6, 6.07) is 0.944. The van der Waals surface area contributed by atoms with Crippen LogP contribution in [0, 0.1) is 0 Å². The van der Waals surface area contributed by atoms with Crippen LogP contribution in [-0.2, 0) is 4.74 Å². The Kier molecular flexibility index (Phi) is 1.64. The minimum absolute atomic E-state index is 0.399. The van der Waals surface area contributed by atoms with E-state index in [1.807, 2.05) is 0 Å². The van der Waals surface area contributed by atoms with Gasteiger partial charge in [-0.3, -0.25) is 5.32 Å². The minimum Gasteiger partial charge on any atom is -0.361 e. The van der Waals surface area contributed by atoms with Crippen molar-refractivity contribution in [2.75, 3.05) is 6.73 Å². The fraction of sp³-hybridized carbons (Fsp3) is 1.00. The van der Waals surface area contributed by atoms with Crippen molar-refractivity contribution in [3.05, 3.63) is 0 Å². The molecule has 58 valence electrons. The van der Waals surface area contributed by atoms with Crippen LogP contribution in [0.15, 0.2) is 0 Å². The van der Waals surface area contributed by atoms with Crippen LogP contribution in [0.1, 0.15) is 19.3 Å². The first-order valence-corrected chi connectivity index (χ1v) is 3.97. The van der Waals surface area contributed by atoms with Gasteiger partial charge in [0.2, 0.25) is 0 Å². The van der Waals surface area contributed by atoms with Gasteiger partial charge in [-0.2, -0.15) is 0 Å². The average molecular weight is 142 g/mol. The molecule has 3 N–H and O–H groups in total. The third kappa shape index (κ3) is 1.05. The molecule has 3 unspecified atom stereocenters. The van der Waals surface area contributed by atoms with E-state index in [1.165, 1.54) is 0 Å². The van der Waals surface area contributed by atoms with Crippen LogP contribution in [0.5, 0.6) is 0 Å². The standard InChI is InChI=1S/C7H14N2O/c8-5-1-2-7-6(3-5)9-4-10-7/h5-7,9H,1-4,8H2. The molecule has 1 saturated heterocycles. The average Bonchev–Trinajstić information content (AvgIpc) is 2.33. The maximum Gasteiger partial charge on any atom is 0.0972 e. The summed E-state index contributed by atoms with van der Waals surface area (Å²) in [7, 11) is 0. The number of fused-ring (bicyclic) bond motifs is 1. The molecule has 0 amide bonds. The fourth-order valence-electron chi connectivity index (χ4n) is 1.85. The largest absolute Gasteiger partial charge is 0.361 e. The van der Waals surface area contributed by atoms with Gasteiger partial charge in [-0.05, 0) is 19.3 Å². The van der Waals surface area contributed by atoms with Crippen molar-refractivity contribution in [1.29, 1.82) is 0 Å². The highest BCUT2D eigenvalue weighted by atomic mass is 16.5.